The highest BCUT2D eigenvalue weighted by atomic mass is 16.5. The third-order valence-corrected chi connectivity index (χ3v) is 10.6. The average molecular weight is 803 g/mol. The molecule has 8 rings (SSSR count). The number of nitrogens with zero attached hydrogens (tertiary/aromatic N) is 4. The zero-order valence-corrected chi connectivity index (χ0v) is 35.8. The number of carbonyl (C=O) groups excluding carboxylic acids is 2. The van der Waals surface area contributed by atoms with Crippen LogP contribution >= 0.6 is 0 Å². The van der Waals surface area contributed by atoms with Crippen molar-refractivity contribution in [3.05, 3.63) is 155 Å². The molecule has 0 bridgehead atoms. The number of para-hydroxylation sites is 2. The van der Waals surface area contributed by atoms with Gasteiger partial charge in [0.1, 0.15) is 24.8 Å². The maximum Gasteiger partial charge on any atom is 0.259 e. The van der Waals surface area contributed by atoms with E-state index in [9.17, 15) is 9.59 Å². The van der Waals surface area contributed by atoms with Crippen LogP contribution in [0.2, 0.25) is 0 Å². The molecular formula is C50H54N6O4. The summed E-state index contributed by atoms with van der Waals surface area (Å²) < 4.78 is 11.9. The number of carbonyl (C=O) groups is 2. The van der Waals surface area contributed by atoms with E-state index in [-0.39, 0.29) is 22.6 Å². The smallest absolute Gasteiger partial charge is 0.259 e. The summed E-state index contributed by atoms with van der Waals surface area (Å²) in [4.78, 5) is 39.3. The number of rotatable bonds is 6. The van der Waals surface area contributed by atoms with Crippen molar-refractivity contribution in [1.29, 1.82) is 0 Å². The third-order valence-electron chi connectivity index (χ3n) is 10.6. The van der Waals surface area contributed by atoms with Crippen LogP contribution in [0.5, 0.6) is 11.5 Å². The Morgan fingerprint density at radius 2 is 0.933 bits per heavy atom. The van der Waals surface area contributed by atoms with E-state index in [2.05, 4.69) is 96.2 Å². The number of pyridine rings is 2. The van der Waals surface area contributed by atoms with Gasteiger partial charge in [-0.05, 0) is 120 Å². The molecule has 0 saturated carbocycles. The number of amides is 2. The zero-order valence-electron chi connectivity index (χ0n) is 35.8. The van der Waals surface area contributed by atoms with Gasteiger partial charge >= 0.3 is 0 Å². The zero-order chi connectivity index (χ0) is 42.6. The third kappa shape index (κ3) is 9.44. The first-order valence-electron chi connectivity index (χ1n) is 20.4. The van der Waals surface area contributed by atoms with Crippen LogP contribution in [0.1, 0.15) is 84.5 Å². The molecule has 0 radical (unpaired) electrons. The fourth-order valence-electron chi connectivity index (χ4n) is 7.17. The number of aryl methyl sites for hydroxylation is 2. The fourth-order valence-corrected chi connectivity index (χ4v) is 7.17. The predicted octanol–water partition coefficient (Wildman–Crippen LogP) is 10.9. The van der Waals surface area contributed by atoms with E-state index in [0.29, 0.717) is 48.9 Å². The van der Waals surface area contributed by atoms with Crippen LogP contribution in [-0.4, -0.2) is 48.1 Å². The number of ether oxygens (including phenoxy) is 2. The van der Waals surface area contributed by atoms with Crippen molar-refractivity contribution < 1.29 is 19.1 Å². The summed E-state index contributed by atoms with van der Waals surface area (Å²) in [5.41, 5.74) is 9.15. The molecule has 2 aromatic heterocycles. The molecule has 4 heterocycles. The van der Waals surface area contributed by atoms with Crippen molar-refractivity contribution >= 4 is 46.2 Å². The Balaban J connectivity index is 0.000000181. The first-order valence-corrected chi connectivity index (χ1v) is 20.4. The molecule has 0 atom stereocenters. The summed E-state index contributed by atoms with van der Waals surface area (Å²) in [6.07, 6.45) is 3.61. The van der Waals surface area contributed by atoms with E-state index >= 15 is 0 Å². The Labute approximate surface area is 353 Å². The lowest BCUT2D eigenvalue weighted by atomic mass is 9.87. The van der Waals surface area contributed by atoms with E-state index in [0.717, 1.165) is 45.5 Å². The van der Waals surface area contributed by atoms with Crippen molar-refractivity contribution in [2.24, 2.45) is 0 Å². The highest BCUT2D eigenvalue weighted by molar-refractivity contribution is 6.08. The molecule has 308 valence electrons. The first kappa shape index (κ1) is 41.5. The molecule has 10 nitrogen and oxygen atoms in total. The monoisotopic (exact) mass is 802 g/mol. The minimum absolute atomic E-state index is 0.0716. The Morgan fingerprint density at radius 1 is 0.550 bits per heavy atom. The standard InChI is InChI=1S/2C25H27N3O2/c2*1-17-12-13-26-22(16-17)28-14-15-30-23-20(6-5-7-21(23)28)24(29)27-19-10-8-18(9-11-19)25(2,3)4/h2*5-13,16H,14-15H2,1-4H3,(H,27,29). The Hall–Kier alpha value is -6.68. The summed E-state index contributed by atoms with van der Waals surface area (Å²) in [5, 5.41) is 6.00. The van der Waals surface area contributed by atoms with Crippen LogP contribution < -0.4 is 29.9 Å². The molecule has 0 unspecified atom stereocenters. The fraction of sp³-hybridized carbons (Fsp3) is 0.280. The van der Waals surface area contributed by atoms with E-state index in [4.69, 9.17) is 9.47 Å². The minimum Gasteiger partial charge on any atom is -0.489 e. The second-order valence-corrected chi connectivity index (χ2v) is 17.3. The Bertz CT molecular complexity index is 2310. The summed E-state index contributed by atoms with van der Waals surface area (Å²) in [6, 6.07) is 35.3. The predicted molar refractivity (Wildman–Crippen MR) is 242 cm³/mol. The van der Waals surface area contributed by atoms with Crippen molar-refractivity contribution in [1.82, 2.24) is 9.97 Å². The van der Waals surface area contributed by atoms with Crippen molar-refractivity contribution in [3.63, 3.8) is 0 Å². The number of fused-ring (bicyclic) bond motifs is 2. The Kier molecular flexibility index (Phi) is 11.9. The normalized spacial score (nSPS) is 13.4. The van der Waals surface area contributed by atoms with Gasteiger partial charge in [0.05, 0.1) is 35.6 Å². The van der Waals surface area contributed by atoms with Crippen molar-refractivity contribution in [2.75, 3.05) is 46.7 Å². The topological polar surface area (TPSA) is 109 Å². The van der Waals surface area contributed by atoms with Gasteiger partial charge in [-0.3, -0.25) is 9.59 Å². The van der Waals surface area contributed by atoms with Gasteiger partial charge in [-0.2, -0.15) is 0 Å². The maximum atomic E-state index is 13.0. The molecule has 2 aliphatic rings. The lowest BCUT2D eigenvalue weighted by molar-refractivity contribution is 0.101. The lowest BCUT2D eigenvalue weighted by Gasteiger charge is -2.31. The molecule has 2 aliphatic heterocycles. The highest BCUT2D eigenvalue weighted by Gasteiger charge is 2.27. The van der Waals surface area contributed by atoms with Crippen molar-refractivity contribution in [2.45, 2.75) is 66.2 Å². The molecule has 60 heavy (non-hydrogen) atoms. The molecule has 4 aromatic carbocycles. The molecule has 2 N–H and O–H groups in total. The molecular weight excluding hydrogens is 749 g/mol. The maximum absolute atomic E-state index is 13.0. The number of nitrogens with one attached hydrogen (secondary N) is 2. The molecule has 0 spiro atoms. The van der Waals surface area contributed by atoms with Crippen molar-refractivity contribution in [3.8, 4) is 11.5 Å². The molecule has 0 aliphatic carbocycles. The van der Waals surface area contributed by atoms with Gasteiger partial charge in [0.15, 0.2) is 11.5 Å². The number of benzene rings is 4. The quantitative estimate of drug-likeness (QED) is 0.171. The summed E-state index contributed by atoms with van der Waals surface area (Å²) in [5.74, 6) is 2.53. The summed E-state index contributed by atoms with van der Waals surface area (Å²) in [7, 11) is 0. The van der Waals surface area contributed by atoms with Gasteiger partial charge in [-0.25, -0.2) is 9.97 Å². The molecule has 0 saturated heterocycles. The highest BCUT2D eigenvalue weighted by Crippen LogP contribution is 2.40. The van der Waals surface area contributed by atoms with E-state index in [1.54, 1.807) is 24.5 Å². The van der Waals surface area contributed by atoms with Gasteiger partial charge in [0, 0.05) is 23.8 Å². The van der Waals surface area contributed by atoms with Gasteiger partial charge in [-0.15, -0.1) is 0 Å². The number of aromatic nitrogens is 2. The number of hydrogen-bond acceptors (Lipinski definition) is 8. The van der Waals surface area contributed by atoms with Crippen LogP contribution in [0.15, 0.2) is 122 Å². The summed E-state index contributed by atoms with van der Waals surface area (Å²) >= 11 is 0. The summed E-state index contributed by atoms with van der Waals surface area (Å²) in [6.45, 7) is 19.5. The second kappa shape index (κ2) is 17.3. The van der Waals surface area contributed by atoms with Crippen LogP contribution in [0.4, 0.5) is 34.4 Å². The Morgan fingerprint density at radius 3 is 1.28 bits per heavy atom. The largest absolute Gasteiger partial charge is 0.489 e. The van der Waals surface area contributed by atoms with Gasteiger partial charge < -0.3 is 29.9 Å². The average Bonchev–Trinajstić information content (AvgIpc) is 3.22. The lowest BCUT2D eigenvalue weighted by Crippen LogP contribution is -2.30. The van der Waals surface area contributed by atoms with Gasteiger partial charge in [-0.1, -0.05) is 77.9 Å². The van der Waals surface area contributed by atoms with E-state index in [1.807, 2.05) is 86.6 Å². The number of hydrogen-bond donors (Lipinski definition) is 2. The number of anilines is 6. The van der Waals surface area contributed by atoms with Gasteiger partial charge in [0.2, 0.25) is 0 Å². The second-order valence-electron chi connectivity index (χ2n) is 17.3. The van der Waals surface area contributed by atoms with Crippen LogP contribution in [-0.2, 0) is 10.8 Å². The molecule has 2 amide bonds. The minimum atomic E-state index is -0.186. The SMILES string of the molecule is Cc1ccnc(N2CCOc3c(C(=O)Nc4ccc(C(C)(C)C)cc4)cccc32)c1.Cc1ccnc(N2CCOc3c(C(=O)Nc4ccc(C(C)(C)C)cc4)cccc32)c1. The van der Waals surface area contributed by atoms with Crippen LogP contribution in [0.3, 0.4) is 0 Å². The first-order chi connectivity index (χ1) is 28.7. The molecule has 0 fully saturated rings. The van der Waals surface area contributed by atoms with Gasteiger partial charge in [0.25, 0.3) is 11.8 Å². The van der Waals surface area contributed by atoms with Crippen LogP contribution in [0, 0.1) is 13.8 Å². The van der Waals surface area contributed by atoms with Crippen LogP contribution in [0.25, 0.3) is 0 Å². The molecule has 10 heteroatoms. The molecule has 6 aromatic rings. The van der Waals surface area contributed by atoms with E-state index < -0.39 is 0 Å². The van der Waals surface area contributed by atoms with E-state index in [1.165, 1.54) is 11.1 Å².